The molecule has 2 fully saturated rings. The first-order valence-corrected chi connectivity index (χ1v) is 11.8. The van der Waals surface area contributed by atoms with E-state index in [0.717, 1.165) is 53.1 Å². The molecule has 1 saturated heterocycles. The van der Waals surface area contributed by atoms with Crippen LogP contribution in [-0.2, 0) is 5.41 Å². The van der Waals surface area contributed by atoms with Gasteiger partial charge in [0.1, 0.15) is 29.2 Å². The van der Waals surface area contributed by atoms with Gasteiger partial charge in [0.2, 0.25) is 0 Å². The Morgan fingerprint density at radius 1 is 1.11 bits per heavy atom. The molecule has 0 bridgehead atoms. The van der Waals surface area contributed by atoms with E-state index in [1.165, 1.54) is 12.4 Å². The van der Waals surface area contributed by atoms with Gasteiger partial charge in [0, 0.05) is 42.2 Å². The summed E-state index contributed by atoms with van der Waals surface area (Å²) in [5.41, 5.74) is 10.6. The average Bonchev–Trinajstić information content (AvgIpc) is 3.36. The summed E-state index contributed by atoms with van der Waals surface area (Å²) in [5, 5.41) is 8.49. The number of anilines is 1. The quantitative estimate of drug-likeness (QED) is 0.417. The summed E-state index contributed by atoms with van der Waals surface area (Å²) in [7, 11) is 0. The molecule has 3 atom stereocenters. The molecule has 0 unspecified atom stereocenters. The minimum atomic E-state index is -0.293. The molecule has 35 heavy (non-hydrogen) atoms. The molecule has 3 aromatic heterocycles. The molecule has 174 valence electrons. The van der Waals surface area contributed by atoms with Gasteiger partial charge in [-0.2, -0.15) is 5.10 Å². The van der Waals surface area contributed by atoms with E-state index in [1.54, 1.807) is 18.5 Å². The molecule has 0 amide bonds. The Balaban J connectivity index is 1.18. The summed E-state index contributed by atoms with van der Waals surface area (Å²) >= 11 is 0. The van der Waals surface area contributed by atoms with E-state index in [1.807, 2.05) is 30.3 Å². The number of aromatic nitrogens is 6. The van der Waals surface area contributed by atoms with Crippen LogP contribution in [0.1, 0.15) is 12.0 Å². The largest absolute Gasteiger partial charge is 0.355 e. The van der Waals surface area contributed by atoms with Gasteiger partial charge in [-0.1, -0.05) is 24.3 Å². The molecule has 4 heterocycles. The molecule has 8 nitrogen and oxygen atoms in total. The van der Waals surface area contributed by atoms with E-state index >= 15 is 0 Å². The smallest absolute Gasteiger partial charge is 0.177 e. The topological polar surface area (TPSA) is 110 Å². The summed E-state index contributed by atoms with van der Waals surface area (Å²) in [5.74, 6) is 1.33. The van der Waals surface area contributed by atoms with Crippen molar-refractivity contribution >= 4 is 27.9 Å². The third kappa shape index (κ3) is 2.97. The fourth-order valence-corrected chi connectivity index (χ4v) is 6.11. The molecule has 1 saturated carbocycles. The first-order chi connectivity index (χ1) is 17.2. The lowest BCUT2D eigenvalue weighted by Gasteiger charge is -2.26. The first-order valence-electron chi connectivity index (χ1n) is 11.8. The standard InChI is InChI=1S/C26H23FN8/c27-20-4-2-1-3-18(20)26(13-28)17-7-8-35(12-19(17)26)22-11-30-24-23(33-34-25(24)32-22)15-5-6-21-16(9-15)10-29-14-31-21/h1-6,9-11,14,17,19H,7-8,12-13,28H2,(H,32,33,34)/t17-,19+,26-/m1/s1. The number of nitrogens with two attached hydrogens (primary N) is 1. The van der Waals surface area contributed by atoms with Crippen LogP contribution in [0.3, 0.4) is 0 Å². The van der Waals surface area contributed by atoms with E-state index < -0.39 is 0 Å². The molecule has 1 aliphatic heterocycles. The first kappa shape index (κ1) is 20.4. The van der Waals surface area contributed by atoms with Crippen molar-refractivity contribution in [2.24, 2.45) is 17.6 Å². The van der Waals surface area contributed by atoms with Gasteiger partial charge < -0.3 is 10.6 Å². The second-order valence-electron chi connectivity index (χ2n) is 9.47. The number of fused-ring (bicyclic) bond motifs is 3. The van der Waals surface area contributed by atoms with Crippen LogP contribution in [0.5, 0.6) is 0 Å². The summed E-state index contributed by atoms with van der Waals surface area (Å²) in [4.78, 5) is 20.2. The molecular weight excluding hydrogens is 443 g/mol. The van der Waals surface area contributed by atoms with Crippen molar-refractivity contribution < 1.29 is 4.39 Å². The van der Waals surface area contributed by atoms with Crippen molar-refractivity contribution in [1.82, 2.24) is 30.1 Å². The van der Waals surface area contributed by atoms with Gasteiger partial charge in [-0.15, -0.1) is 0 Å². The van der Waals surface area contributed by atoms with E-state index in [2.05, 4.69) is 25.1 Å². The summed E-state index contributed by atoms with van der Waals surface area (Å²) in [6.07, 6.45) is 6.08. The van der Waals surface area contributed by atoms with E-state index in [0.29, 0.717) is 29.5 Å². The Morgan fingerprint density at radius 2 is 2.03 bits per heavy atom. The fourth-order valence-electron chi connectivity index (χ4n) is 6.11. The number of nitrogens with one attached hydrogen (secondary N) is 1. The number of H-pyrrole nitrogens is 1. The minimum absolute atomic E-state index is 0.162. The highest BCUT2D eigenvalue weighted by atomic mass is 19.1. The minimum Gasteiger partial charge on any atom is -0.355 e. The Kier molecular flexibility index (Phi) is 4.38. The van der Waals surface area contributed by atoms with Crippen LogP contribution < -0.4 is 10.6 Å². The summed E-state index contributed by atoms with van der Waals surface area (Å²) in [6.45, 7) is 2.06. The van der Waals surface area contributed by atoms with Gasteiger partial charge in [-0.05, 0) is 42.0 Å². The maximum Gasteiger partial charge on any atom is 0.177 e. The number of aromatic amines is 1. The van der Waals surface area contributed by atoms with Gasteiger partial charge in [0.05, 0.1) is 11.7 Å². The zero-order valence-corrected chi connectivity index (χ0v) is 18.9. The predicted octanol–water partition coefficient (Wildman–Crippen LogP) is 3.46. The predicted molar refractivity (Wildman–Crippen MR) is 131 cm³/mol. The highest BCUT2D eigenvalue weighted by Crippen LogP contribution is 2.63. The van der Waals surface area contributed by atoms with Crippen molar-refractivity contribution in [3.05, 3.63) is 72.6 Å². The van der Waals surface area contributed by atoms with Crippen LogP contribution in [0.15, 0.2) is 61.2 Å². The number of benzene rings is 2. The van der Waals surface area contributed by atoms with Crippen molar-refractivity contribution in [3.63, 3.8) is 0 Å². The van der Waals surface area contributed by atoms with Gasteiger partial charge in [-0.3, -0.25) is 5.10 Å². The molecule has 0 spiro atoms. The SMILES string of the molecule is NC[C@]1(c2ccccc2F)[C@@H]2CCN(c3cnc4c(-c5ccc6ncncc6c5)n[nH]c4n3)C[C@@H]21. The lowest BCUT2D eigenvalue weighted by atomic mass is 9.91. The second kappa shape index (κ2) is 7.51. The summed E-state index contributed by atoms with van der Waals surface area (Å²) in [6, 6.07) is 13.0. The number of hydrogen-bond donors (Lipinski definition) is 2. The van der Waals surface area contributed by atoms with Crippen molar-refractivity contribution in [1.29, 1.82) is 0 Å². The third-order valence-corrected chi connectivity index (χ3v) is 7.90. The Morgan fingerprint density at radius 3 is 2.91 bits per heavy atom. The molecule has 0 radical (unpaired) electrons. The molecule has 3 N–H and O–H groups in total. The Hall–Kier alpha value is -3.98. The number of rotatable bonds is 4. The van der Waals surface area contributed by atoms with E-state index in [-0.39, 0.29) is 11.2 Å². The Bertz CT molecular complexity index is 1580. The van der Waals surface area contributed by atoms with Crippen LogP contribution in [0.2, 0.25) is 0 Å². The van der Waals surface area contributed by atoms with Crippen LogP contribution in [-0.4, -0.2) is 49.8 Å². The van der Waals surface area contributed by atoms with Crippen LogP contribution in [0, 0.1) is 17.7 Å². The summed E-state index contributed by atoms with van der Waals surface area (Å²) < 4.78 is 14.7. The van der Waals surface area contributed by atoms with Crippen molar-refractivity contribution in [2.45, 2.75) is 11.8 Å². The number of nitrogens with zero attached hydrogens (tertiary/aromatic N) is 6. The van der Waals surface area contributed by atoms with Crippen LogP contribution in [0.25, 0.3) is 33.3 Å². The molecule has 5 aromatic rings. The van der Waals surface area contributed by atoms with Crippen molar-refractivity contribution in [2.75, 3.05) is 24.5 Å². The van der Waals surface area contributed by atoms with Crippen LogP contribution >= 0.6 is 0 Å². The maximum absolute atomic E-state index is 14.7. The van der Waals surface area contributed by atoms with Gasteiger partial charge in [0.25, 0.3) is 0 Å². The van der Waals surface area contributed by atoms with Gasteiger partial charge in [-0.25, -0.2) is 24.3 Å². The highest BCUT2D eigenvalue weighted by molar-refractivity contribution is 5.91. The number of hydrogen-bond acceptors (Lipinski definition) is 7. The van der Waals surface area contributed by atoms with E-state index in [4.69, 9.17) is 15.7 Å². The lowest BCUT2D eigenvalue weighted by molar-refractivity contribution is 0.533. The normalized spacial score (nSPS) is 23.5. The third-order valence-electron chi connectivity index (χ3n) is 7.90. The molecule has 2 aromatic carbocycles. The Labute approximate surface area is 200 Å². The fraction of sp³-hybridized carbons (Fsp3) is 0.269. The second-order valence-corrected chi connectivity index (χ2v) is 9.47. The maximum atomic E-state index is 14.7. The zero-order chi connectivity index (χ0) is 23.6. The van der Waals surface area contributed by atoms with E-state index in [9.17, 15) is 4.39 Å². The zero-order valence-electron chi connectivity index (χ0n) is 18.9. The van der Waals surface area contributed by atoms with Gasteiger partial charge >= 0.3 is 0 Å². The molecule has 2 aliphatic rings. The molecule has 7 rings (SSSR count). The lowest BCUT2D eigenvalue weighted by Crippen LogP contribution is -2.32. The highest BCUT2D eigenvalue weighted by Gasteiger charge is 2.66. The number of halogens is 1. The number of piperidine rings is 1. The van der Waals surface area contributed by atoms with Crippen LogP contribution in [0.4, 0.5) is 10.2 Å². The molecular formula is C26H23FN8. The van der Waals surface area contributed by atoms with Gasteiger partial charge in [0.15, 0.2) is 5.65 Å². The molecule has 1 aliphatic carbocycles. The van der Waals surface area contributed by atoms with Crippen molar-refractivity contribution in [3.8, 4) is 11.3 Å². The monoisotopic (exact) mass is 466 g/mol. The average molecular weight is 467 g/mol. The molecule has 9 heteroatoms.